The smallest absolute Gasteiger partial charge is 0.0342 e. The van der Waals surface area contributed by atoms with Crippen LogP contribution < -0.4 is 5.32 Å². The Morgan fingerprint density at radius 2 is 1.62 bits per heavy atom. The maximum Gasteiger partial charge on any atom is 0.0342 e. The van der Waals surface area contributed by atoms with E-state index in [0.29, 0.717) is 6.04 Å². The van der Waals surface area contributed by atoms with E-state index in [1.54, 1.807) is 0 Å². The highest BCUT2D eigenvalue weighted by Crippen LogP contribution is 2.12. The van der Waals surface area contributed by atoms with Crippen molar-refractivity contribution >= 4 is 5.69 Å². The van der Waals surface area contributed by atoms with Gasteiger partial charge in [-0.2, -0.15) is 0 Å². The van der Waals surface area contributed by atoms with Crippen LogP contribution >= 0.6 is 0 Å². The molecule has 0 saturated carbocycles. The molecule has 1 rings (SSSR count). The van der Waals surface area contributed by atoms with Crippen molar-refractivity contribution in [2.45, 2.75) is 39.7 Å². The minimum Gasteiger partial charge on any atom is -0.382 e. The molecule has 1 N–H and O–H groups in total. The van der Waals surface area contributed by atoms with Crippen molar-refractivity contribution in [2.75, 3.05) is 5.32 Å². The van der Waals surface area contributed by atoms with Crippen LogP contribution in [0.5, 0.6) is 0 Å². The molecule has 0 radical (unpaired) electrons. The Bertz CT molecular complexity index is 234. The lowest BCUT2D eigenvalue weighted by atomic mass is 10.1. The summed E-state index contributed by atoms with van der Waals surface area (Å²) >= 11 is 0. The van der Waals surface area contributed by atoms with E-state index in [-0.39, 0.29) is 0 Å². The highest BCUT2D eigenvalue weighted by molar-refractivity contribution is 5.45. The summed E-state index contributed by atoms with van der Waals surface area (Å²) in [6.45, 7) is 6.55. The second kappa shape index (κ2) is 4.90. The predicted octanol–water partition coefficient (Wildman–Crippen LogP) is 3.60. The monoisotopic (exact) mass is 177 g/mol. The fourth-order valence-corrected chi connectivity index (χ4v) is 1.38. The summed E-state index contributed by atoms with van der Waals surface area (Å²) < 4.78 is 0. The maximum atomic E-state index is 3.51. The molecule has 0 saturated heterocycles. The Kier molecular flexibility index (Phi) is 3.81. The average molecular weight is 177 g/mol. The first-order valence-corrected chi connectivity index (χ1v) is 5.09. The lowest BCUT2D eigenvalue weighted by molar-refractivity contribution is 0.672. The van der Waals surface area contributed by atoms with Gasteiger partial charge in [0.15, 0.2) is 0 Å². The molecule has 1 aromatic rings. The number of rotatable bonds is 4. The normalized spacial score (nSPS) is 10.5. The molecule has 0 aliphatic heterocycles. The Hall–Kier alpha value is -0.980. The Morgan fingerprint density at radius 1 is 1.08 bits per heavy atom. The molecule has 0 amide bonds. The van der Waals surface area contributed by atoms with Gasteiger partial charge in [-0.1, -0.05) is 31.5 Å². The highest BCUT2D eigenvalue weighted by Gasteiger charge is 2.01. The molecule has 72 valence electrons. The molecule has 0 fully saturated rings. The van der Waals surface area contributed by atoms with Gasteiger partial charge in [-0.15, -0.1) is 0 Å². The lowest BCUT2D eigenvalue weighted by Crippen LogP contribution is -2.16. The van der Waals surface area contributed by atoms with Crippen LogP contribution in [0.15, 0.2) is 24.3 Å². The zero-order valence-electron chi connectivity index (χ0n) is 8.80. The first-order chi connectivity index (χ1) is 6.26. The molecular formula is C12H19N. The van der Waals surface area contributed by atoms with Gasteiger partial charge in [0.2, 0.25) is 0 Å². The van der Waals surface area contributed by atoms with E-state index in [2.05, 4.69) is 50.4 Å². The first-order valence-electron chi connectivity index (χ1n) is 5.09. The van der Waals surface area contributed by atoms with Crippen LogP contribution in [0.3, 0.4) is 0 Å². The van der Waals surface area contributed by atoms with E-state index in [0.717, 1.165) is 0 Å². The van der Waals surface area contributed by atoms with E-state index < -0.39 is 0 Å². The third kappa shape index (κ3) is 3.10. The van der Waals surface area contributed by atoms with Crippen molar-refractivity contribution in [3.63, 3.8) is 0 Å². The number of nitrogens with one attached hydrogen (secondary N) is 1. The molecule has 0 atom stereocenters. The molecule has 0 unspecified atom stereocenters. The topological polar surface area (TPSA) is 12.0 Å². The molecule has 1 aromatic carbocycles. The van der Waals surface area contributed by atoms with Crippen LogP contribution in [0.4, 0.5) is 5.69 Å². The predicted molar refractivity (Wildman–Crippen MR) is 59.2 cm³/mol. The standard InChI is InChI=1S/C12H19N/c1-4-11(5-2)13-12-8-6-10(3)7-9-12/h6-9,11,13H,4-5H2,1-3H3. The molecule has 13 heavy (non-hydrogen) atoms. The van der Waals surface area contributed by atoms with Gasteiger partial charge < -0.3 is 5.32 Å². The third-order valence-corrected chi connectivity index (χ3v) is 2.41. The van der Waals surface area contributed by atoms with Crippen LogP contribution in [0.2, 0.25) is 0 Å². The molecule has 0 bridgehead atoms. The Morgan fingerprint density at radius 3 is 2.08 bits per heavy atom. The Labute approximate surface area is 81.2 Å². The van der Waals surface area contributed by atoms with Crippen molar-refractivity contribution in [2.24, 2.45) is 0 Å². The lowest BCUT2D eigenvalue weighted by Gasteiger charge is -2.16. The minimum atomic E-state index is 0.614. The number of hydrogen-bond donors (Lipinski definition) is 1. The van der Waals surface area contributed by atoms with Crippen molar-refractivity contribution < 1.29 is 0 Å². The molecule has 0 aliphatic rings. The molecule has 0 aromatic heterocycles. The summed E-state index contributed by atoms with van der Waals surface area (Å²) in [5, 5.41) is 3.51. The molecule has 0 heterocycles. The fraction of sp³-hybridized carbons (Fsp3) is 0.500. The molecule has 0 aliphatic carbocycles. The molecular weight excluding hydrogens is 158 g/mol. The summed E-state index contributed by atoms with van der Waals surface area (Å²) in [5.41, 5.74) is 2.55. The average Bonchev–Trinajstić information content (AvgIpc) is 2.17. The highest BCUT2D eigenvalue weighted by atomic mass is 14.9. The van der Waals surface area contributed by atoms with Crippen molar-refractivity contribution in [1.82, 2.24) is 0 Å². The Balaban J connectivity index is 2.58. The summed E-state index contributed by atoms with van der Waals surface area (Å²) in [7, 11) is 0. The van der Waals surface area contributed by atoms with E-state index in [1.807, 2.05) is 0 Å². The van der Waals surface area contributed by atoms with Crippen LogP contribution in [-0.4, -0.2) is 6.04 Å². The van der Waals surface area contributed by atoms with Crippen molar-refractivity contribution in [3.8, 4) is 0 Å². The van der Waals surface area contributed by atoms with E-state index in [9.17, 15) is 0 Å². The fourth-order valence-electron chi connectivity index (χ4n) is 1.38. The zero-order valence-corrected chi connectivity index (χ0v) is 8.80. The number of benzene rings is 1. The van der Waals surface area contributed by atoms with E-state index in [4.69, 9.17) is 0 Å². The van der Waals surface area contributed by atoms with Gasteiger partial charge in [-0.3, -0.25) is 0 Å². The van der Waals surface area contributed by atoms with Gasteiger partial charge in [0.05, 0.1) is 0 Å². The first kappa shape index (κ1) is 10.1. The number of hydrogen-bond acceptors (Lipinski definition) is 1. The third-order valence-electron chi connectivity index (χ3n) is 2.41. The number of aryl methyl sites for hydroxylation is 1. The summed E-state index contributed by atoms with van der Waals surface area (Å²) in [6, 6.07) is 9.19. The van der Waals surface area contributed by atoms with Crippen LogP contribution in [0, 0.1) is 6.92 Å². The zero-order chi connectivity index (χ0) is 9.68. The second-order valence-electron chi connectivity index (χ2n) is 3.52. The summed E-state index contributed by atoms with van der Waals surface area (Å²) in [5.74, 6) is 0. The maximum absolute atomic E-state index is 3.51. The second-order valence-corrected chi connectivity index (χ2v) is 3.52. The van der Waals surface area contributed by atoms with E-state index in [1.165, 1.54) is 24.1 Å². The van der Waals surface area contributed by atoms with Crippen LogP contribution in [0.1, 0.15) is 32.3 Å². The van der Waals surface area contributed by atoms with Gasteiger partial charge in [-0.25, -0.2) is 0 Å². The minimum absolute atomic E-state index is 0.614. The van der Waals surface area contributed by atoms with Gasteiger partial charge in [-0.05, 0) is 31.9 Å². The van der Waals surface area contributed by atoms with Crippen LogP contribution in [0.25, 0.3) is 0 Å². The van der Waals surface area contributed by atoms with Crippen LogP contribution in [-0.2, 0) is 0 Å². The SMILES string of the molecule is CCC(CC)Nc1ccc(C)cc1. The largest absolute Gasteiger partial charge is 0.382 e. The van der Waals surface area contributed by atoms with Gasteiger partial charge in [0.1, 0.15) is 0 Å². The molecule has 1 heteroatoms. The van der Waals surface area contributed by atoms with Crippen molar-refractivity contribution in [1.29, 1.82) is 0 Å². The summed E-state index contributed by atoms with van der Waals surface area (Å²) in [4.78, 5) is 0. The molecule has 1 nitrogen and oxygen atoms in total. The van der Waals surface area contributed by atoms with Crippen molar-refractivity contribution in [3.05, 3.63) is 29.8 Å². The van der Waals surface area contributed by atoms with Gasteiger partial charge in [0, 0.05) is 11.7 Å². The quantitative estimate of drug-likeness (QED) is 0.741. The van der Waals surface area contributed by atoms with E-state index >= 15 is 0 Å². The van der Waals surface area contributed by atoms with Gasteiger partial charge in [0.25, 0.3) is 0 Å². The van der Waals surface area contributed by atoms with Gasteiger partial charge >= 0.3 is 0 Å². The molecule has 0 spiro atoms. The number of anilines is 1. The summed E-state index contributed by atoms with van der Waals surface area (Å²) in [6.07, 6.45) is 2.37.